The van der Waals surface area contributed by atoms with Crippen molar-refractivity contribution in [3.63, 3.8) is 0 Å². The molecule has 108 valence electrons. The molecule has 0 spiro atoms. The molecule has 19 heavy (non-hydrogen) atoms. The van der Waals surface area contributed by atoms with Crippen molar-refractivity contribution < 1.29 is 9.53 Å². The Morgan fingerprint density at radius 1 is 1.63 bits per heavy atom. The second-order valence-electron chi connectivity index (χ2n) is 4.66. The van der Waals surface area contributed by atoms with Gasteiger partial charge in [-0.25, -0.2) is 0 Å². The van der Waals surface area contributed by atoms with E-state index >= 15 is 0 Å². The quantitative estimate of drug-likeness (QED) is 0.774. The van der Waals surface area contributed by atoms with E-state index in [1.54, 1.807) is 19.4 Å². The average molecular weight is 308 g/mol. The molecule has 0 saturated carbocycles. The predicted octanol–water partition coefficient (Wildman–Crippen LogP) is 1.59. The number of ether oxygens (including phenoxy) is 1. The molecule has 2 rings (SSSR count). The maximum atomic E-state index is 11.9. The molecule has 1 saturated heterocycles. The summed E-state index contributed by atoms with van der Waals surface area (Å²) in [4.78, 5) is 14.7. The molecule has 3 N–H and O–H groups in total. The van der Waals surface area contributed by atoms with Crippen molar-refractivity contribution >= 4 is 29.9 Å². The number of hydrogen-bond acceptors (Lipinski definition) is 3. The smallest absolute Gasteiger partial charge is 0.267 e. The summed E-state index contributed by atoms with van der Waals surface area (Å²) in [5.74, 6) is -0.147. The van der Waals surface area contributed by atoms with Gasteiger partial charge in [0.1, 0.15) is 5.69 Å². The molecule has 0 aliphatic carbocycles. The van der Waals surface area contributed by atoms with Gasteiger partial charge in [0.25, 0.3) is 5.91 Å². The first-order valence-electron chi connectivity index (χ1n) is 6.01. The molecular weight excluding hydrogens is 289 g/mol. The lowest BCUT2D eigenvalue weighted by Crippen LogP contribution is -2.53. The van der Waals surface area contributed by atoms with E-state index in [0.29, 0.717) is 23.9 Å². The fourth-order valence-corrected chi connectivity index (χ4v) is 2.48. The second-order valence-corrected chi connectivity index (χ2v) is 5.09. The van der Waals surface area contributed by atoms with Gasteiger partial charge in [-0.15, -0.1) is 12.4 Å². The third-order valence-electron chi connectivity index (χ3n) is 3.23. The highest BCUT2D eigenvalue weighted by atomic mass is 35.5. The summed E-state index contributed by atoms with van der Waals surface area (Å²) in [5, 5.41) is 6.85. The standard InChI is InChI=1S/C12H18ClN3O2.ClH/c1-18-8-12(3-2-4-16-12)7-15-11(17)10-5-9(13)6-14-10;/h5-6,14,16H,2-4,7-8H2,1H3,(H,15,17);1H. The first kappa shape index (κ1) is 16.3. The molecule has 2 heterocycles. The monoisotopic (exact) mass is 307 g/mol. The van der Waals surface area contributed by atoms with E-state index in [4.69, 9.17) is 16.3 Å². The van der Waals surface area contributed by atoms with Crippen molar-refractivity contribution in [2.45, 2.75) is 18.4 Å². The molecule has 0 radical (unpaired) electrons. The second kappa shape index (κ2) is 7.14. The highest BCUT2D eigenvalue weighted by Gasteiger charge is 2.33. The minimum Gasteiger partial charge on any atom is -0.383 e. The normalized spacial score (nSPS) is 22.0. The van der Waals surface area contributed by atoms with Gasteiger partial charge in [0.15, 0.2) is 0 Å². The number of hydrogen-bond donors (Lipinski definition) is 3. The fourth-order valence-electron chi connectivity index (χ4n) is 2.31. The van der Waals surface area contributed by atoms with E-state index in [-0.39, 0.29) is 23.9 Å². The third kappa shape index (κ3) is 4.11. The van der Waals surface area contributed by atoms with Gasteiger partial charge in [0, 0.05) is 19.9 Å². The molecule has 0 aromatic carbocycles. The van der Waals surface area contributed by atoms with Crippen LogP contribution in [-0.4, -0.2) is 43.2 Å². The van der Waals surface area contributed by atoms with Gasteiger partial charge in [-0.3, -0.25) is 4.79 Å². The summed E-state index contributed by atoms with van der Waals surface area (Å²) in [7, 11) is 1.67. The van der Waals surface area contributed by atoms with E-state index in [0.717, 1.165) is 19.4 Å². The lowest BCUT2D eigenvalue weighted by Gasteiger charge is -2.28. The number of methoxy groups -OCH3 is 1. The predicted molar refractivity (Wildman–Crippen MR) is 77.2 cm³/mol. The van der Waals surface area contributed by atoms with Crippen LogP contribution in [0.4, 0.5) is 0 Å². The SMILES string of the molecule is COCC1(CNC(=O)c2cc(Cl)c[nH]2)CCCN1.Cl. The summed E-state index contributed by atoms with van der Waals surface area (Å²) in [6.07, 6.45) is 3.70. The number of H-pyrrole nitrogens is 1. The first-order chi connectivity index (χ1) is 8.65. The number of nitrogens with one attached hydrogen (secondary N) is 3. The molecule has 1 atom stereocenters. The number of halogens is 2. The molecule has 1 fully saturated rings. The van der Waals surface area contributed by atoms with E-state index in [1.165, 1.54) is 0 Å². The van der Waals surface area contributed by atoms with Crippen molar-refractivity contribution in [2.24, 2.45) is 0 Å². The number of rotatable bonds is 5. The summed E-state index contributed by atoms with van der Waals surface area (Å²) >= 11 is 5.77. The van der Waals surface area contributed by atoms with Crippen LogP contribution in [0.15, 0.2) is 12.3 Å². The van der Waals surface area contributed by atoms with Gasteiger partial charge in [0.2, 0.25) is 0 Å². The number of amides is 1. The summed E-state index contributed by atoms with van der Waals surface area (Å²) in [5.41, 5.74) is 0.339. The minimum absolute atomic E-state index is 0. The average Bonchev–Trinajstić information content (AvgIpc) is 2.97. The molecular formula is C12H19Cl2N3O2. The number of carbonyl (C=O) groups excluding carboxylic acids is 1. The molecule has 1 amide bonds. The van der Waals surface area contributed by atoms with Crippen molar-refractivity contribution in [1.82, 2.24) is 15.6 Å². The minimum atomic E-state index is -0.147. The Morgan fingerprint density at radius 2 is 2.42 bits per heavy atom. The van der Waals surface area contributed by atoms with Crippen LogP contribution in [-0.2, 0) is 4.74 Å². The first-order valence-corrected chi connectivity index (χ1v) is 6.39. The maximum absolute atomic E-state index is 11.9. The Labute approximate surface area is 123 Å². The molecule has 1 aromatic heterocycles. The molecule has 1 unspecified atom stereocenters. The Morgan fingerprint density at radius 3 is 2.95 bits per heavy atom. The number of carbonyl (C=O) groups is 1. The van der Waals surface area contributed by atoms with Gasteiger partial charge in [-0.05, 0) is 25.5 Å². The largest absolute Gasteiger partial charge is 0.383 e. The van der Waals surface area contributed by atoms with Crippen LogP contribution in [0.1, 0.15) is 23.3 Å². The van der Waals surface area contributed by atoms with Gasteiger partial charge in [0.05, 0.1) is 17.2 Å². The fraction of sp³-hybridized carbons (Fsp3) is 0.583. The summed E-state index contributed by atoms with van der Waals surface area (Å²) < 4.78 is 5.23. The maximum Gasteiger partial charge on any atom is 0.267 e. The number of aromatic amines is 1. The third-order valence-corrected chi connectivity index (χ3v) is 3.45. The van der Waals surface area contributed by atoms with Crippen LogP contribution >= 0.6 is 24.0 Å². The van der Waals surface area contributed by atoms with E-state index < -0.39 is 0 Å². The molecule has 1 aliphatic heterocycles. The number of aromatic nitrogens is 1. The van der Waals surface area contributed by atoms with E-state index in [1.807, 2.05) is 0 Å². The van der Waals surface area contributed by atoms with Crippen LogP contribution in [0.2, 0.25) is 5.02 Å². The van der Waals surface area contributed by atoms with Crippen molar-refractivity contribution in [3.8, 4) is 0 Å². The van der Waals surface area contributed by atoms with Crippen molar-refractivity contribution in [1.29, 1.82) is 0 Å². The van der Waals surface area contributed by atoms with Gasteiger partial charge < -0.3 is 20.4 Å². The van der Waals surface area contributed by atoms with Crippen LogP contribution in [0, 0.1) is 0 Å². The lowest BCUT2D eigenvalue weighted by atomic mass is 9.98. The Bertz CT molecular complexity index is 417. The van der Waals surface area contributed by atoms with Crippen molar-refractivity contribution in [2.75, 3.05) is 26.8 Å². The van der Waals surface area contributed by atoms with Crippen molar-refractivity contribution in [3.05, 3.63) is 23.0 Å². The highest BCUT2D eigenvalue weighted by molar-refractivity contribution is 6.30. The topological polar surface area (TPSA) is 66.1 Å². The van der Waals surface area contributed by atoms with Crippen LogP contribution in [0.5, 0.6) is 0 Å². The zero-order valence-electron chi connectivity index (χ0n) is 10.8. The zero-order chi connectivity index (χ0) is 13.0. The zero-order valence-corrected chi connectivity index (χ0v) is 12.4. The van der Waals surface area contributed by atoms with Crippen LogP contribution in [0.25, 0.3) is 0 Å². The van der Waals surface area contributed by atoms with E-state index in [9.17, 15) is 4.79 Å². The lowest BCUT2D eigenvalue weighted by molar-refractivity contribution is 0.0888. The molecule has 5 nitrogen and oxygen atoms in total. The van der Waals surface area contributed by atoms with Gasteiger partial charge in [-0.2, -0.15) is 0 Å². The summed E-state index contributed by atoms with van der Waals surface area (Å²) in [6, 6.07) is 1.61. The molecule has 7 heteroatoms. The van der Waals surface area contributed by atoms with Crippen LogP contribution < -0.4 is 10.6 Å². The highest BCUT2D eigenvalue weighted by Crippen LogP contribution is 2.19. The Kier molecular flexibility index (Phi) is 6.13. The van der Waals surface area contributed by atoms with Crippen LogP contribution in [0.3, 0.4) is 0 Å². The molecule has 1 aliphatic rings. The Balaban J connectivity index is 0.00000180. The van der Waals surface area contributed by atoms with E-state index in [2.05, 4.69) is 15.6 Å². The van der Waals surface area contributed by atoms with Gasteiger partial charge >= 0.3 is 0 Å². The van der Waals surface area contributed by atoms with Gasteiger partial charge in [-0.1, -0.05) is 11.6 Å². The molecule has 0 bridgehead atoms. The Hall–Kier alpha value is -0.750. The summed E-state index contributed by atoms with van der Waals surface area (Å²) in [6.45, 7) is 2.11. The molecule has 1 aromatic rings.